The molecule has 5 rings (SSSR count). The summed E-state index contributed by atoms with van der Waals surface area (Å²) in [6.45, 7) is 2.29. The third kappa shape index (κ3) is 4.54. The first-order valence-electron chi connectivity index (χ1n) is 9.99. The molecule has 0 radical (unpaired) electrons. The number of aromatic nitrogens is 3. The average Bonchev–Trinajstić information content (AvgIpc) is 3.17. The quantitative estimate of drug-likeness (QED) is 0.487. The minimum atomic E-state index is -0.299. The Labute approximate surface area is 178 Å². The third-order valence-corrected chi connectivity index (χ3v) is 5.05. The molecular weight excluding hydrogens is 397 g/mol. The van der Waals surface area contributed by atoms with Gasteiger partial charge in [0.2, 0.25) is 0 Å². The highest BCUT2D eigenvalue weighted by molar-refractivity contribution is 5.60. The van der Waals surface area contributed by atoms with E-state index in [1.54, 1.807) is 30.6 Å². The minimum absolute atomic E-state index is 0.299. The summed E-state index contributed by atoms with van der Waals surface area (Å²) in [4.78, 5) is 10.5. The molecule has 0 saturated heterocycles. The molecule has 0 unspecified atom stereocenters. The van der Waals surface area contributed by atoms with E-state index in [9.17, 15) is 4.39 Å². The smallest absolute Gasteiger partial charge is 0.321 e. The Morgan fingerprint density at radius 3 is 2.81 bits per heavy atom. The summed E-state index contributed by atoms with van der Waals surface area (Å²) in [5.41, 5.74) is 2.76. The highest BCUT2D eigenvalue weighted by atomic mass is 19.1. The number of ether oxygens (including phenoxy) is 1. The molecule has 2 aromatic carbocycles. The molecule has 0 spiro atoms. The maximum Gasteiger partial charge on any atom is 0.321 e. The first kappa shape index (κ1) is 19.2. The largest absolute Gasteiger partial charge is 0.424 e. The van der Waals surface area contributed by atoms with Crippen molar-refractivity contribution in [2.45, 2.75) is 19.5 Å². The zero-order chi connectivity index (χ0) is 21.0. The van der Waals surface area contributed by atoms with Gasteiger partial charge in [-0.05, 0) is 42.0 Å². The Bertz CT molecular complexity index is 1180. The second kappa shape index (κ2) is 8.53. The van der Waals surface area contributed by atoms with E-state index in [0.29, 0.717) is 29.8 Å². The van der Waals surface area contributed by atoms with E-state index < -0.39 is 0 Å². The van der Waals surface area contributed by atoms with Crippen LogP contribution < -0.4 is 10.1 Å². The Kier molecular flexibility index (Phi) is 5.28. The summed E-state index contributed by atoms with van der Waals surface area (Å²) in [5.74, 6) is 1.89. The van der Waals surface area contributed by atoms with Gasteiger partial charge in [-0.2, -0.15) is 0 Å². The number of hydrogen-bond donors (Lipinski definition) is 1. The van der Waals surface area contributed by atoms with Crippen LogP contribution in [0.2, 0.25) is 0 Å². The van der Waals surface area contributed by atoms with Crippen molar-refractivity contribution in [2.75, 3.05) is 11.9 Å². The van der Waals surface area contributed by atoms with Crippen molar-refractivity contribution in [1.29, 1.82) is 0 Å². The lowest BCUT2D eigenvalue weighted by Crippen LogP contribution is -2.29. The van der Waals surface area contributed by atoms with E-state index in [0.717, 1.165) is 36.4 Å². The van der Waals surface area contributed by atoms with Gasteiger partial charge in [-0.1, -0.05) is 23.4 Å². The molecule has 8 heteroatoms. The fraction of sp³-hybridized carbons (Fsp3) is 0.174. The normalized spacial score (nSPS) is 13.6. The van der Waals surface area contributed by atoms with Crippen molar-refractivity contribution in [3.63, 3.8) is 0 Å². The van der Waals surface area contributed by atoms with Gasteiger partial charge in [0.1, 0.15) is 17.3 Å². The van der Waals surface area contributed by atoms with Crippen LogP contribution in [0.3, 0.4) is 0 Å². The van der Waals surface area contributed by atoms with Gasteiger partial charge >= 0.3 is 6.01 Å². The molecule has 0 aliphatic carbocycles. The number of benzene rings is 2. The number of fused-ring (bicyclic) bond motifs is 1. The molecule has 0 fully saturated rings. The first-order chi connectivity index (χ1) is 15.2. The summed E-state index contributed by atoms with van der Waals surface area (Å²) in [6, 6.07) is 16.3. The summed E-state index contributed by atoms with van der Waals surface area (Å²) < 4.78 is 24.7. The number of nitrogens with one attached hydrogen (secondary N) is 1. The fourth-order valence-corrected chi connectivity index (χ4v) is 3.61. The van der Waals surface area contributed by atoms with Gasteiger partial charge in [0, 0.05) is 44.1 Å². The highest BCUT2D eigenvalue weighted by Crippen LogP contribution is 2.29. The second-order valence-corrected chi connectivity index (χ2v) is 7.31. The molecule has 3 heterocycles. The number of halogens is 1. The third-order valence-electron chi connectivity index (χ3n) is 5.05. The fourth-order valence-electron chi connectivity index (χ4n) is 3.61. The maximum absolute atomic E-state index is 13.5. The van der Waals surface area contributed by atoms with Gasteiger partial charge in [-0.3, -0.25) is 4.90 Å². The molecule has 0 bridgehead atoms. The molecule has 0 amide bonds. The SMILES string of the molecule is Fc1cccc(Nc2noc3c2CN(Cc2cccc(Oc4ncccn4)c2)CC3)c1. The zero-order valence-corrected chi connectivity index (χ0v) is 16.7. The van der Waals surface area contributed by atoms with Crippen LogP contribution in [0.5, 0.6) is 11.8 Å². The predicted octanol–water partition coefficient (Wildman–Crippen LogP) is 4.70. The summed E-state index contributed by atoms with van der Waals surface area (Å²) in [7, 11) is 0. The lowest BCUT2D eigenvalue weighted by molar-refractivity contribution is 0.228. The van der Waals surface area contributed by atoms with Crippen molar-refractivity contribution in [3.8, 4) is 11.8 Å². The lowest BCUT2D eigenvalue weighted by atomic mass is 10.1. The number of rotatable bonds is 6. The van der Waals surface area contributed by atoms with E-state index in [1.165, 1.54) is 12.1 Å². The topological polar surface area (TPSA) is 76.3 Å². The van der Waals surface area contributed by atoms with Crippen LogP contribution in [0.4, 0.5) is 15.9 Å². The van der Waals surface area contributed by atoms with Crippen LogP contribution in [0, 0.1) is 5.82 Å². The molecule has 7 nitrogen and oxygen atoms in total. The van der Waals surface area contributed by atoms with Crippen LogP contribution in [0.25, 0.3) is 0 Å². The van der Waals surface area contributed by atoms with Crippen molar-refractivity contribution in [1.82, 2.24) is 20.0 Å². The van der Waals surface area contributed by atoms with Gasteiger partial charge in [-0.15, -0.1) is 0 Å². The number of anilines is 2. The number of hydrogen-bond acceptors (Lipinski definition) is 7. The van der Waals surface area contributed by atoms with Crippen LogP contribution in [0.15, 0.2) is 71.5 Å². The Balaban J connectivity index is 1.28. The molecule has 1 aliphatic heterocycles. The Morgan fingerprint density at radius 1 is 1.06 bits per heavy atom. The van der Waals surface area contributed by atoms with E-state index >= 15 is 0 Å². The summed E-state index contributed by atoms with van der Waals surface area (Å²) in [5, 5.41) is 7.32. The predicted molar refractivity (Wildman–Crippen MR) is 113 cm³/mol. The molecule has 156 valence electrons. The van der Waals surface area contributed by atoms with E-state index in [2.05, 4.69) is 31.4 Å². The van der Waals surface area contributed by atoms with Crippen molar-refractivity contribution in [3.05, 3.63) is 89.7 Å². The molecule has 1 N–H and O–H groups in total. The lowest BCUT2D eigenvalue weighted by Gasteiger charge is -2.26. The molecule has 0 atom stereocenters. The van der Waals surface area contributed by atoms with E-state index in [4.69, 9.17) is 9.26 Å². The Morgan fingerprint density at radius 2 is 1.94 bits per heavy atom. The van der Waals surface area contributed by atoms with Crippen LogP contribution >= 0.6 is 0 Å². The van der Waals surface area contributed by atoms with Gasteiger partial charge in [0.25, 0.3) is 0 Å². The van der Waals surface area contributed by atoms with Gasteiger partial charge < -0.3 is 14.6 Å². The van der Waals surface area contributed by atoms with Gasteiger partial charge in [-0.25, -0.2) is 14.4 Å². The average molecular weight is 417 g/mol. The first-order valence-corrected chi connectivity index (χ1v) is 9.99. The van der Waals surface area contributed by atoms with Crippen LogP contribution in [-0.2, 0) is 19.5 Å². The molecule has 1 aliphatic rings. The molecule has 4 aromatic rings. The van der Waals surface area contributed by atoms with Crippen molar-refractivity contribution < 1.29 is 13.7 Å². The number of nitrogens with zero attached hydrogens (tertiary/aromatic N) is 4. The molecule has 31 heavy (non-hydrogen) atoms. The summed E-state index contributed by atoms with van der Waals surface area (Å²) >= 11 is 0. The van der Waals surface area contributed by atoms with Gasteiger partial charge in [0.05, 0.1) is 5.56 Å². The monoisotopic (exact) mass is 417 g/mol. The van der Waals surface area contributed by atoms with E-state index in [1.807, 2.05) is 18.2 Å². The van der Waals surface area contributed by atoms with Gasteiger partial charge in [0.15, 0.2) is 5.82 Å². The van der Waals surface area contributed by atoms with Crippen molar-refractivity contribution in [2.24, 2.45) is 0 Å². The van der Waals surface area contributed by atoms with E-state index in [-0.39, 0.29) is 5.82 Å². The van der Waals surface area contributed by atoms with Crippen LogP contribution in [0.1, 0.15) is 16.9 Å². The zero-order valence-electron chi connectivity index (χ0n) is 16.7. The second-order valence-electron chi connectivity index (χ2n) is 7.31. The molecule has 2 aromatic heterocycles. The highest BCUT2D eigenvalue weighted by Gasteiger charge is 2.24. The van der Waals surface area contributed by atoms with Crippen LogP contribution in [-0.4, -0.2) is 26.6 Å². The minimum Gasteiger partial charge on any atom is -0.424 e. The summed E-state index contributed by atoms with van der Waals surface area (Å²) in [6.07, 6.45) is 4.05. The standard InChI is InChI=1S/C23H20FN5O2/c24-17-5-2-6-18(13-17)27-22-20-15-29(11-8-21(20)31-28-22)14-16-4-1-7-19(12-16)30-23-25-9-3-10-26-23/h1-7,9-10,12-13H,8,11,14-15H2,(H,27,28). The molecule has 0 saturated carbocycles. The van der Waals surface area contributed by atoms with Crippen molar-refractivity contribution >= 4 is 11.5 Å². The maximum atomic E-state index is 13.5. The Hall–Kier alpha value is -3.78. The molecular formula is C23H20FN5O2.